The van der Waals surface area contributed by atoms with Crippen LogP contribution >= 0.6 is 15.9 Å². The van der Waals surface area contributed by atoms with E-state index >= 15 is 0 Å². The van der Waals surface area contributed by atoms with Crippen LogP contribution in [-0.2, 0) is 9.53 Å². The smallest absolute Gasteiger partial charge is 0.320 e. The standard InChI is InChI=1S/C7H14BrNO3/c1-5(10)3-9-4-6(8)7(11)12-2/h5-6,9-10H,3-4H2,1-2H3. The van der Waals surface area contributed by atoms with Crippen molar-refractivity contribution in [2.75, 3.05) is 20.2 Å². The van der Waals surface area contributed by atoms with Gasteiger partial charge in [-0.1, -0.05) is 15.9 Å². The van der Waals surface area contributed by atoms with Crippen LogP contribution < -0.4 is 5.32 Å². The normalized spacial score (nSPS) is 15.3. The number of carbonyl (C=O) groups excluding carboxylic acids is 1. The molecule has 0 rings (SSSR count). The van der Waals surface area contributed by atoms with Crippen molar-refractivity contribution < 1.29 is 14.6 Å². The highest BCUT2D eigenvalue weighted by Gasteiger charge is 2.13. The molecule has 0 saturated heterocycles. The van der Waals surface area contributed by atoms with Gasteiger partial charge in [-0.25, -0.2) is 0 Å². The summed E-state index contributed by atoms with van der Waals surface area (Å²) in [6, 6.07) is 0. The summed E-state index contributed by atoms with van der Waals surface area (Å²) in [5.74, 6) is -0.312. The van der Waals surface area contributed by atoms with Crippen LogP contribution in [0.2, 0.25) is 0 Å². The number of hydrogen-bond acceptors (Lipinski definition) is 4. The first kappa shape index (κ1) is 11.9. The second-order valence-electron chi connectivity index (χ2n) is 2.50. The summed E-state index contributed by atoms with van der Waals surface area (Å²) in [7, 11) is 1.34. The first-order valence-corrected chi connectivity index (χ1v) is 4.60. The summed E-state index contributed by atoms with van der Waals surface area (Å²) in [4.78, 5) is 10.5. The van der Waals surface area contributed by atoms with E-state index in [1.54, 1.807) is 6.92 Å². The fourth-order valence-corrected chi connectivity index (χ4v) is 1.05. The van der Waals surface area contributed by atoms with Crippen molar-refractivity contribution in [2.24, 2.45) is 0 Å². The Bertz CT molecular complexity index is 141. The molecule has 0 aliphatic carbocycles. The minimum Gasteiger partial charge on any atom is -0.468 e. The average Bonchev–Trinajstić information content (AvgIpc) is 2.02. The van der Waals surface area contributed by atoms with Crippen molar-refractivity contribution in [3.8, 4) is 0 Å². The van der Waals surface area contributed by atoms with E-state index in [2.05, 4.69) is 26.0 Å². The zero-order chi connectivity index (χ0) is 9.56. The lowest BCUT2D eigenvalue weighted by atomic mass is 10.4. The van der Waals surface area contributed by atoms with Crippen LogP contribution in [0.25, 0.3) is 0 Å². The molecule has 2 N–H and O–H groups in total. The van der Waals surface area contributed by atoms with E-state index in [-0.39, 0.29) is 10.8 Å². The molecule has 0 spiro atoms. The third-order valence-corrected chi connectivity index (χ3v) is 1.92. The van der Waals surface area contributed by atoms with Gasteiger partial charge in [0, 0.05) is 13.1 Å². The van der Waals surface area contributed by atoms with E-state index in [0.29, 0.717) is 13.1 Å². The van der Waals surface area contributed by atoms with E-state index in [0.717, 1.165) is 0 Å². The number of nitrogens with one attached hydrogen (secondary N) is 1. The van der Waals surface area contributed by atoms with Crippen LogP contribution in [0.3, 0.4) is 0 Å². The molecule has 0 heterocycles. The highest BCUT2D eigenvalue weighted by Crippen LogP contribution is 1.99. The van der Waals surface area contributed by atoms with Gasteiger partial charge in [0.2, 0.25) is 0 Å². The maximum atomic E-state index is 10.8. The number of rotatable bonds is 5. The number of aliphatic hydroxyl groups excluding tert-OH is 1. The zero-order valence-corrected chi connectivity index (χ0v) is 8.80. The fraction of sp³-hybridized carbons (Fsp3) is 0.857. The summed E-state index contributed by atoms with van der Waals surface area (Å²) in [6.45, 7) is 2.60. The second-order valence-corrected chi connectivity index (χ2v) is 3.60. The lowest BCUT2D eigenvalue weighted by Crippen LogP contribution is -2.33. The van der Waals surface area contributed by atoms with Gasteiger partial charge in [0.15, 0.2) is 0 Å². The summed E-state index contributed by atoms with van der Waals surface area (Å²) in [5, 5.41) is 11.8. The van der Waals surface area contributed by atoms with Gasteiger partial charge in [0.25, 0.3) is 0 Å². The molecule has 0 aliphatic rings. The molecule has 0 fully saturated rings. The Balaban J connectivity index is 3.43. The average molecular weight is 240 g/mol. The van der Waals surface area contributed by atoms with Crippen molar-refractivity contribution in [3.63, 3.8) is 0 Å². The Kier molecular flexibility index (Phi) is 6.32. The van der Waals surface area contributed by atoms with Gasteiger partial charge in [-0.15, -0.1) is 0 Å². The minimum absolute atomic E-state index is 0.312. The highest BCUT2D eigenvalue weighted by molar-refractivity contribution is 9.10. The van der Waals surface area contributed by atoms with E-state index < -0.39 is 6.10 Å². The molecule has 0 radical (unpaired) electrons. The molecule has 2 unspecified atom stereocenters. The van der Waals surface area contributed by atoms with Crippen LogP contribution in [0.5, 0.6) is 0 Å². The summed E-state index contributed by atoms with van der Waals surface area (Å²) >= 11 is 3.13. The van der Waals surface area contributed by atoms with Crippen molar-refractivity contribution in [2.45, 2.75) is 17.9 Å². The van der Waals surface area contributed by atoms with E-state index in [9.17, 15) is 4.79 Å². The predicted octanol–water partition coefficient (Wildman–Crippen LogP) is -0.107. The summed E-state index contributed by atoms with van der Waals surface area (Å²) in [6.07, 6.45) is -0.401. The summed E-state index contributed by atoms with van der Waals surface area (Å²) < 4.78 is 4.48. The van der Waals surface area contributed by atoms with E-state index in [1.165, 1.54) is 7.11 Å². The SMILES string of the molecule is COC(=O)C(Br)CNCC(C)O. The third kappa shape index (κ3) is 5.51. The maximum absolute atomic E-state index is 10.8. The highest BCUT2D eigenvalue weighted by atomic mass is 79.9. The van der Waals surface area contributed by atoms with Crippen LogP contribution in [0, 0.1) is 0 Å². The molecule has 12 heavy (non-hydrogen) atoms. The molecule has 5 heteroatoms. The van der Waals surface area contributed by atoms with Gasteiger partial charge in [-0.2, -0.15) is 0 Å². The molecule has 72 valence electrons. The Morgan fingerprint density at radius 1 is 1.67 bits per heavy atom. The van der Waals surface area contributed by atoms with Gasteiger partial charge < -0.3 is 15.2 Å². The Hall–Kier alpha value is -0.130. The topological polar surface area (TPSA) is 58.6 Å². The molecule has 0 bridgehead atoms. The van der Waals surface area contributed by atoms with Gasteiger partial charge in [0.05, 0.1) is 13.2 Å². The molecule has 0 aromatic heterocycles. The molecule has 2 atom stereocenters. The Morgan fingerprint density at radius 2 is 2.25 bits per heavy atom. The lowest BCUT2D eigenvalue weighted by molar-refractivity contribution is -0.139. The first-order valence-electron chi connectivity index (χ1n) is 3.68. The minimum atomic E-state index is -0.401. The van der Waals surface area contributed by atoms with E-state index in [4.69, 9.17) is 5.11 Å². The number of aliphatic hydroxyl groups is 1. The molecule has 0 amide bonds. The van der Waals surface area contributed by atoms with E-state index in [1.807, 2.05) is 0 Å². The zero-order valence-electron chi connectivity index (χ0n) is 7.21. The number of hydrogen-bond donors (Lipinski definition) is 2. The Morgan fingerprint density at radius 3 is 2.67 bits per heavy atom. The van der Waals surface area contributed by atoms with Gasteiger partial charge in [-0.05, 0) is 6.92 Å². The van der Waals surface area contributed by atoms with Crippen LogP contribution in [-0.4, -0.2) is 42.2 Å². The van der Waals surface area contributed by atoms with Crippen molar-refractivity contribution in [1.29, 1.82) is 0 Å². The number of ether oxygens (including phenoxy) is 1. The fourth-order valence-electron chi connectivity index (χ4n) is 0.630. The number of carbonyl (C=O) groups is 1. The van der Waals surface area contributed by atoms with Gasteiger partial charge in [-0.3, -0.25) is 4.79 Å². The monoisotopic (exact) mass is 239 g/mol. The number of halogens is 1. The first-order chi connectivity index (χ1) is 5.57. The number of methoxy groups -OCH3 is 1. The predicted molar refractivity (Wildman–Crippen MR) is 49.3 cm³/mol. The van der Waals surface area contributed by atoms with Crippen LogP contribution in [0.15, 0.2) is 0 Å². The summed E-state index contributed by atoms with van der Waals surface area (Å²) in [5.41, 5.74) is 0. The van der Waals surface area contributed by atoms with Crippen molar-refractivity contribution in [3.05, 3.63) is 0 Å². The second kappa shape index (κ2) is 6.39. The third-order valence-electron chi connectivity index (χ3n) is 1.22. The maximum Gasteiger partial charge on any atom is 0.320 e. The van der Waals surface area contributed by atoms with Gasteiger partial charge >= 0.3 is 5.97 Å². The molecular formula is C7H14BrNO3. The quantitative estimate of drug-likeness (QED) is 0.520. The van der Waals surface area contributed by atoms with Gasteiger partial charge in [0.1, 0.15) is 4.83 Å². The Labute approximate surface area is 80.4 Å². The number of alkyl halides is 1. The van der Waals surface area contributed by atoms with Crippen LogP contribution in [0.1, 0.15) is 6.92 Å². The molecule has 0 aliphatic heterocycles. The molecule has 0 aromatic carbocycles. The molecule has 4 nitrogen and oxygen atoms in total. The molecule has 0 saturated carbocycles. The van der Waals surface area contributed by atoms with Crippen molar-refractivity contribution in [1.82, 2.24) is 5.32 Å². The largest absolute Gasteiger partial charge is 0.468 e. The number of esters is 1. The lowest BCUT2D eigenvalue weighted by Gasteiger charge is -2.09. The van der Waals surface area contributed by atoms with Crippen LogP contribution in [0.4, 0.5) is 0 Å². The molecule has 0 aromatic rings. The van der Waals surface area contributed by atoms with Crippen molar-refractivity contribution >= 4 is 21.9 Å². The molecular weight excluding hydrogens is 226 g/mol.